The number of nitrogens with one attached hydrogen (secondary N) is 1. The zero-order valence-electron chi connectivity index (χ0n) is 11.8. The van der Waals surface area contributed by atoms with Crippen molar-refractivity contribution in [1.82, 2.24) is 5.32 Å². The number of hydrogen-bond acceptors (Lipinski definition) is 4. The molecule has 3 rings (SSSR count). The summed E-state index contributed by atoms with van der Waals surface area (Å²) in [4.78, 5) is 12.0. The maximum absolute atomic E-state index is 12.0. The third kappa shape index (κ3) is 3.83. The SMILES string of the molecule is O=C1N/C(=N\N=C/c2ccccc2)S[C@@H]1Cc1ccccc1. The van der Waals surface area contributed by atoms with E-state index in [0.29, 0.717) is 11.6 Å². The van der Waals surface area contributed by atoms with Gasteiger partial charge in [-0.15, -0.1) is 5.10 Å². The van der Waals surface area contributed by atoms with Gasteiger partial charge >= 0.3 is 0 Å². The van der Waals surface area contributed by atoms with E-state index in [-0.39, 0.29) is 11.2 Å². The van der Waals surface area contributed by atoms with Crippen molar-refractivity contribution in [2.45, 2.75) is 11.7 Å². The molecule has 1 atom stereocenters. The lowest BCUT2D eigenvalue weighted by atomic mass is 10.1. The maximum Gasteiger partial charge on any atom is 0.239 e. The molecular formula is C17H15N3OS. The summed E-state index contributed by atoms with van der Waals surface area (Å²) < 4.78 is 0. The van der Waals surface area contributed by atoms with Crippen molar-refractivity contribution in [3.8, 4) is 0 Å². The highest BCUT2D eigenvalue weighted by Crippen LogP contribution is 2.23. The Morgan fingerprint density at radius 3 is 2.45 bits per heavy atom. The average molecular weight is 309 g/mol. The van der Waals surface area contributed by atoms with Gasteiger partial charge in [0.25, 0.3) is 0 Å². The first-order valence-corrected chi connectivity index (χ1v) is 7.87. The van der Waals surface area contributed by atoms with Crippen LogP contribution in [0.5, 0.6) is 0 Å². The Balaban J connectivity index is 1.62. The van der Waals surface area contributed by atoms with Crippen LogP contribution >= 0.6 is 11.8 Å². The van der Waals surface area contributed by atoms with E-state index in [1.807, 2.05) is 60.7 Å². The topological polar surface area (TPSA) is 53.8 Å². The fourth-order valence-corrected chi connectivity index (χ4v) is 3.07. The molecule has 4 nitrogen and oxygen atoms in total. The first-order chi connectivity index (χ1) is 10.8. The number of rotatable bonds is 4. The minimum Gasteiger partial charge on any atom is -0.303 e. The Morgan fingerprint density at radius 1 is 1.05 bits per heavy atom. The molecule has 2 aromatic rings. The molecule has 1 aliphatic heterocycles. The highest BCUT2D eigenvalue weighted by Gasteiger charge is 2.30. The molecule has 5 heteroatoms. The lowest BCUT2D eigenvalue weighted by Gasteiger charge is -2.04. The molecule has 0 aromatic heterocycles. The van der Waals surface area contributed by atoms with Gasteiger partial charge in [0.15, 0.2) is 5.17 Å². The first-order valence-electron chi connectivity index (χ1n) is 6.99. The highest BCUT2D eigenvalue weighted by molar-refractivity contribution is 8.15. The number of nitrogens with zero attached hydrogens (tertiary/aromatic N) is 2. The van der Waals surface area contributed by atoms with Gasteiger partial charge in [0.2, 0.25) is 5.91 Å². The monoisotopic (exact) mass is 309 g/mol. The molecule has 0 spiro atoms. The van der Waals surface area contributed by atoms with E-state index < -0.39 is 0 Å². The quantitative estimate of drug-likeness (QED) is 0.697. The van der Waals surface area contributed by atoms with Crippen LogP contribution in [-0.2, 0) is 11.2 Å². The van der Waals surface area contributed by atoms with Gasteiger partial charge in [0.1, 0.15) is 0 Å². The van der Waals surface area contributed by atoms with Crippen LogP contribution in [0.1, 0.15) is 11.1 Å². The largest absolute Gasteiger partial charge is 0.303 e. The van der Waals surface area contributed by atoms with Gasteiger partial charge < -0.3 is 5.32 Å². The van der Waals surface area contributed by atoms with Crippen LogP contribution in [0, 0.1) is 0 Å². The summed E-state index contributed by atoms with van der Waals surface area (Å²) in [7, 11) is 0. The molecular weight excluding hydrogens is 294 g/mol. The molecule has 2 aromatic carbocycles. The van der Waals surface area contributed by atoms with Gasteiger partial charge in [0.05, 0.1) is 11.5 Å². The molecule has 1 heterocycles. The van der Waals surface area contributed by atoms with Gasteiger partial charge in [-0.25, -0.2) is 0 Å². The second kappa shape index (κ2) is 7.04. The minimum atomic E-state index is -0.145. The molecule has 0 unspecified atom stereocenters. The summed E-state index contributed by atoms with van der Waals surface area (Å²) in [6.07, 6.45) is 2.36. The molecule has 1 saturated heterocycles. The molecule has 110 valence electrons. The lowest BCUT2D eigenvalue weighted by molar-refractivity contribution is -0.118. The third-order valence-corrected chi connectivity index (χ3v) is 4.27. The number of carbonyl (C=O) groups excluding carboxylic acids is 1. The number of carbonyl (C=O) groups is 1. The molecule has 1 aliphatic rings. The van der Waals surface area contributed by atoms with Crippen molar-refractivity contribution in [1.29, 1.82) is 0 Å². The molecule has 1 amide bonds. The van der Waals surface area contributed by atoms with E-state index in [1.165, 1.54) is 11.8 Å². The van der Waals surface area contributed by atoms with Gasteiger partial charge in [-0.1, -0.05) is 72.4 Å². The summed E-state index contributed by atoms with van der Waals surface area (Å²) in [5, 5.41) is 11.3. The van der Waals surface area contributed by atoms with Crippen LogP contribution < -0.4 is 5.32 Å². The molecule has 0 aliphatic carbocycles. The van der Waals surface area contributed by atoms with Gasteiger partial charge in [0, 0.05) is 0 Å². The second-order valence-corrected chi connectivity index (χ2v) is 6.04. The minimum absolute atomic E-state index is 0.0116. The standard InChI is InChI=1S/C17H15N3OS/c21-16-15(11-13-7-3-1-4-8-13)22-17(19-16)20-18-12-14-9-5-2-6-10-14/h1-10,12,15H,11H2,(H,19,20,21)/b18-12-/t15-/m1/s1. The molecule has 0 radical (unpaired) electrons. The van der Waals surface area contributed by atoms with E-state index in [9.17, 15) is 4.79 Å². The summed E-state index contributed by atoms with van der Waals surface area (Å²) in [6, 6.07) is 19.7. The van der Waals surface area contributed by atoms with Crippen LogP contribution in [0.3, 0.4) is 0 Å². The van der Waals surface area contributed by atoms with E-state index in [0.717, 1.165) is 11.1 Å². The van der Waals surface area contributed by atoms with Crippen molar-refractivity contribution < 1.29 is 4.79 Å². The molecule has 0 bridgehead atoms. The Bertz CT molecular complexity index is 698. The Hall–Kier alpha value is -2.40. The van der Waals surface area contributed by atoms with Crippen LogP contribution in [0.4, 0.5) is 0 Å². The van der Waals surface area contributed by atoms with E-state index in [2.05, 4.69) is 15.5 Å². The van der Waals surface area contributed by atoms with E-state index in [4.69, 9.17) is 0 Å². The molecule has 1 N–H and O–H groups in total. The van der Waals surface area contributed by atoms with E-state index >= 15 is 0 Å². The highest BCUT2D eigenvalue weighted by atomic mass is 32.2. The summed E-state index contributed by atoms with van der Waals surface area (Å²) >= 11 is 1.42. The zero-order chi connectivity index (χ0) is 15.2. The number of thioether (sulfide) groups is 1. The van der Waals surface area contributed by atoms with Crippen LogP contribution in [0.25, 0.3) is 0 Å². The average Bonchev–Trinajstić information content (AvgIpc) is 2.89. The Kier molecular flexibility index (Phi) is 4.65. The molecule has 22 heavy (non-hydrogen) atoms. The normalized spacial score (nSPS) is 19.7. The van der Waals surface area contributed by atoms with Gasteiger partial charge in [-0.2, -0.15) is 5.10 Å². The van der Waals surface area contributed by atoms with Crippen molar-refractivity contribution >= 4 is 29.1 Å². The number of amides is 1. The summed E-state index contributed by atoms with van der Waals surface area (Å²) in [6.45, 7) is 0. The number of hydrogen-bond donors (Lipinski definition) is 1. The lowest BCUT2D eigenvalue weighted by Crippen LogP contribution is -2.25. The van der Waals surface area contributed by atoms with Crippen molar-refractivity contribution in [3.05, 3.63) is 71.8 Å². The predicted molar refractivity (Wildman–Crippen MR) is 91.1 cm³/mol. The van der Waals surface area contributed by atoms with Crippen molar-refractivity contribution in [3.63, 3.8) is 0 Å². The fourth-order valence-electron chi connectivity index (χ4n) is 2.10. The summed E-state index contributed by atoms with van der Waals surface area (Å²) in [5.41, 5.74) is 2.12. The Morgan fingerprint density at radius 2 is 1.73 bits per heavy atom. The zero-order valence-corrected chi connectivity index (χ0v) is 12.7. The van der Waals surface area contributed by atoms with Crippen molar-refractivity contribution in [2.24, 2.45) is 10.2 Å². The Labute approximate surface area is 133 Å². The van der Waals surface area contributed by atoms with Gasteiger partial charge in [-0.3, -0.25) is 4.79 Å². The van der Waals surface area contributed by atoms with Crippen molar-refractivity contribution in [2.75, 3.05) is 0 Å². The predicted octanol–water partition coefficient (Wildman–Crippen LogP) is 2.85. The van der Waals surface area contributed by atoms with Crippen LogP contribution in [0.2, 0.25) is 0 Å². The van der Waals surface area contributed by atoms with Crippen LogP contribution in [0.15, 0.2) is 70.9 Å². The third-order valence-electron chi connectivity index (χ3n) is 3.20. The molecule has 0 saturated carbocycles. The fraction of sp³-hybridized carbons (Fsp3) is 0.118. The molecule has 1 fully saturated rings. The second-order valence-electron chi connectivity index (χ2n) is 4.85. The number of amidine groups is 1. The van der Waals surface area contributed by atoms with E-state index in [1.54, 1.807) is 6.21 Å². The van der Waals surface area contributed by atoms with Gasteiger partial charge in [-0.05, 0) is 17.5 Å². The maximum atomic E-state index is 12.0. The van der Waals surface area contributed by atoms with Crippen LogP contribution in [-0.4, -0.2) is 22.5 Å². The smallest absolute Gasteiger partial charge is 0.239 e. The number of benzene rings is 2. The first kappa shape index (κ1) is 14.5. The summed E-state index contributed by atoms with van der Waals surface area (Å²) in [5.74, 6) is -0.0116.